The molecule has 7 heteroatoms. The van der Waals surface area contributed by atoms with Crippen LogP contribution in [0.3, 0.4) is 0 Å². The molecule has 2 N–H and O–H groups in total. The number of benzene rings is 2. The van der Waals surface area contributed by atoms with Gasteiger partial charge in [-0.1, -0.05) is 29.5 Å². The van der Waals surface area contributed by atoms with Gasteiger partial charge in [0.05, 0.1) is 10.2 Å². The molecule has 0 spiro atoms. The van der Waals surface area contributed by atoms with Crippen molar-refractivity contribution in [3.05, 3.63) is 48.2 Å². The van der Waals surface area contributed by atoms with Gasteiger partial charge in [0.2, 0.25) is 0 Å². The number of para-hydroxylation sites is 1. The number of nitrogens with zero attached hydrogens (tertiary/aromatic N) is 1. The summed E-state index contributed by atoms with van der Waals surface area (Å²) in [6, 6.07) is 13.4. The Balaban J connectivity index is 1.45. The number of carbonyl (C=O) groups excluding carboxylic acids is 1. The number of fused-ring (bicyclic) bond motifs is 3. The second-order valence-electron chi connectivity index (χ2n) is 5.71. The highest BCUT2D eigenvalue weighted by Gasteiger charge is 2.17. The number of rotatable bonds is 2. The van der Waals surface area contributed by atoms with Gasteiger partial charge in [-0.2, -0.15) is 0 Å². The van der Waals surface area contributed by atoms with Crippen LogP contribution in [0.2, 0.25) is 0 Å². The fourth-order valence-corrected chi connectivity index (χ4v) is 3.75. The van der Waals surface area contributed by atoms with Crippen LogP contribution in [-0.2, 0) is 0 Å². The first-order chi connectivity index (χ1) is 12.3. The summed E-state index contributed by atoms with van der Waals surface area (Å²) in [6.07, 6.45) is 0. The molecule has 0 unspecified atom stereocenters. The molecule has 0 bridgehead atoms. The monoisotopic (exact) mass is 351 g/mol. The maximum absolute atomic E-state index is 12.5. The summed E-state index contributed by atoms with van der Waals surface area (Å²) in [5.74, 6) is 1.20. The van der Waals surface area contributed by atoms with Crippen LogP contribution < -0.4 is 14.8 Å². The largest absolute Gasteiger partial charge is 0.486 e. The van der Waals surface area contributed by atoms with E-state index in [4.69, 9.17) is 9.47 Å². The van der Waals surface area contributed by atoms with Gasteiger partial charge >= 0.3 is 0 Å². The van der Waals surface area contributed by atoms with E-state index in [1.807, 2.05) is 42.5 Å². The zero-order chi connectivity index (χ0) is 16.8. The summed E-state index contributed by atoms with van der Waals surface area (Å²) in [6.45, 7) is 1.08. The SMILES string of the molecule is O=C(Nc1nc2cc3c(cc2s1)OCCO3)c1cc2ccccc2[nH]1. The molecule has 0 fully saturated rings. The zero-order valence-corrected chi connectivity index (χ0v) is 13.9. The molecule has 25 heavy (non-hydrogen) atoms. The van der Waals surface area contributed by atoms with E-state index >= 15 is 0 Å². The minimum absolute atomic E-state index is 0.215. The lowest BCUT2D eigenvalue weighted by atomic mass is 10.2. The number of anilines is 1. The number of aromatic amines is 1. The van der Waals surface area contributed by atoms with Crippen molar-refractivity contribution in [3.63, 3.8) is 0 Å². The van der Waals surface area contributed by atoms with Gasteiger partial charge in [0.25, 0.3) is 5.91 Å². The Labute approximate surface area is 146 Å². The number of H-pyrrole nitrogens is 1. The average molecular weight is 351 g/mol. The van der Waals surface area contributed by atoms with Crippen molar-refractivity contribution >= 4 is 43.5 Å². The maximum Gasteiger partial charge on any atom is 0.273 e. The van der Waals surface area contributed by atoms with Crippen molar-refractivity contribution in [2.45, 2.75) is 0 Å². The van der Waals surface area contributed by atoms with E-state index in [1.165, 1.54) is 11.3 Å². The Bertz CT molecular complexity index is 1040. The quantitative estimate of drug-likeness (QED) is 0.576. The topological polar surface area (TPSA) is 76.2 Å². The number of ether oxygens (including phenoxy) is 2. The third-order valence-corrected chi connectivity index (χ3v) is 4.98. The summed E-state index contributed by atoms with van der Waals surface area (Å²) in [5, 5.41) is 4.40. The fraction of sp³-hybridized carbons (Fsp3) is 0.111. The van der Waals surface area contributed by atoms with Gasteiger partial charge in [0, 0.05) is 23.0 Å². The van der Waals surface area contributed by atoms with Crippen molar-refractivity contribution < 1.29 is 14.3 Å². The summed E-state index contributed by atoms with van der Waals surface area (Å²) >= 11 is 1.41. The lowest BCUT2D eigenvalue weighted by Crippen LogP contribution is -2.15. The highest BCUT2D eigenvalue weighted by molar-refractivity contribution is 7.22. The number of nitrogens with one attached hydrogen (secondary N) is 2. The zero-order valence-electron chi connectivity index (χ0n) is 13.0. The molecule has 5 rings (SSSR count). The highest BCUT2D eigenvalue weighted by Crippen LogP contribution is 2.37. The Morgan fingerprint density at radius 3 is 2.76 bits per heavy atom. The second kappa shape index (κ2) is 5.49. The summed E-state index contributed by atoms with van der Waals surface area (Å²) in [7, 11) is 0. The summed E-state index contributed by atoms with van der Waals surface area (Å²) in [5.41, 5.74) is 2.21. The molecule has 3 heterocycles. The molecule has 6 nitrogen and oxygen atoms in total. The van der Waals surface area contributed by atoms with Gasteiger partial charge in [0.1, 0.15) is 18.9 Å². The van der Waals surface area contributed by atoms with Crippen LogP contribution >= 0.6 is 11.3 Å². The van der Waals surface area contributed by atoms with Crippen LogP contribution in [0.15, 0.2) is 42.5 Å². The third-order valence-electron chi connectivity index (χ3n) is 4.05. The Morgan fingerprint density at radius 2 is 1.92 bits per heavy atom. The molecule has 0 saturated heterocycles. The van der Waals surface area contributed by atoms with Crippen molar-refractivity contribution in [1.29, 1.82) is 0 Å². The highest BCUT2D eigenvalue weighted by atomic mass is 32.1. The first-order valence-corrected chi connectivity index (χ1v) is 8.67. The molecule has 4 aromatic rings. The van der Waals surface area contributed by atoms with Crippen LogP contribution in [0.1, 0.15) is 10.5 Å². The van der Waals surface area contributed by atoms with E-state index in [1.54, 1.807) is 0 Å². The van der Waals surface area contributed by atoms with E-state index in [2.05, 4.69) is 15.3 Å². The number of carbonyl (C=O) groups is 1. The molecule has 124 valence electrons. The molecular formula is C18H13N3O3S. The molecule has 0 radical (unpaired) electrons. The third kappa shape index (κ3) is 2.49. The lowest BCUT2D eigenvalue weighted by Gasteiger charge is -2.17. The standard InChI is InChI=1S/C18H13N3O3S/c22-17(13-7-10-3-1-2-4-11(10)19-13)21-18-20-12-8-14-15(9-16(12)25-18)24-6-5-23-14/h1-4,7-9,19H,5-6H2,(H,20,21,22). The van der Waals surface area contributed by atoms with Crippen LogP contribution in [0.25, 0.3) is 21.1 Å². The van der Waals surface area contributed by atoms with Gasteiger partial charge in [-0.25, -0.2) is 4.98 Å². The Morgan fingerprint density at radius 1 is 1.12 bits per heavy atom. The number of hydrogen-bond donors (Lipinski definition) is 2. The molecule has 1 aliphatic rings. The van der Waals surface area contributed by atoms with Gasteiger partial charge in [0.15, 0.2) is 16.6 Å². The van der Waals surface area contributed by atoms with Crippen LogP contribution in [-0.4, -0.2) is 29.1 Å². The fourth-order valence-electron chi connectivity index (χ4n) is 2.88. The molecule has 0 aliphatic carbocycles. The minimum Gasteiger partial charge on any atom is -0.486 e. The lowest BCUT2D eigenvalue weighted by molar-refractivity contribution is 0.102. The predicted octanol–water partition coefficient (Wildman–Crippen LogP) is 3.80. The Hall–Kier alpha value is -3.06. The van der Waals surface area contributed by atoms with E-state index in [0.29, 0.717) is 29.8 Å². The predicted molar refractivity (Wildman–Crippen MR) is 96.9 cm³/mol. The van der Waals surface area contributed by atoms with Crippen molar-refractivity contribution in [2.75, 3.05) is 18.5 Å². The molecule has 1 amide bonds. The normalized spacial score (nSPS) is 13.3. The van der Waals surface area contributed by atoms with E-state index in [9.17, 15) is 4.79 Å². The molecule has 2 aromatic carbocycles. The first-order valence-electron chi connectivity index (χ1n) is 7.85. The minimum atomic E-state index is -0.215. The smallest absolute Gasteiger partial charge is 0.273 e. The molecular weight excluding hydrogens is 338 g/mol. The van der Waals surface area contributed by atoms with Crippen molar-refractivity contribution in [2.24, 2.45) is 0 Å². The van der Waals surface area contributed by atoms with E-state index in [-0.39, 0.29) is 5.91 Å². The molecule has 0 saturated carbocycles. The average Bonchev–Trinajstić information content (AvgIpc) is 3.22. The number of hydrogen-bond acceptors (Lipinski definition) is 5. The molecule has 0 atom stereocenters. The van der Waals surface area contributed by atoms with Crippen LogP contribution in [0.5, 0.6) is 11.5 Å². The number of amides is 1. The molecule has 1 aliphatic heterocycles. The van der Waals surface area contributed by atoms with Gasteiger partial charge in [-0.3, -0.25) is 10.1 Å². The first kappa shape index (κ1) is 14.3. The Kier molecular flexibility index (Phi) is 3.14. The summed E-state index contributed by atoms with van der Waals surface area (Å²) < 4.78 is 12.1. The van der Waals surface area contributed by atoms with Crippen LogP contribution in [0, 0.1) is 0 Å². The number of thiazole rings is 1. The number of aromatic nitrogens is 2. The van der Waals surface area contributed by atoms with E-state index < -0.39 is 0 Å². The van der Waals surface area contributed by atoms with E-state index in [0.717, 1.165) is 26.9 Å². The van der Waals surface area contributed by atoms with Gasteiger partial charge < -0.3 is 14.5 Å². The molecule has 2 aromatic heterocycles. The maximum atomic E-state index is 12.5. The second-order valence-corrected chi connectivity index (χ2v) is 6.74. The van der Waals surface area contributed by atoms with Gasteiger partial charge in [-0.15, -0.1) is 0 Å². The van der Waals surface area contributed by atoms with Crippen molar-refractivity contribution in [1.82, 2.24) is 9.97 Å². The van der Waals surface area contributed by atoms with Crippen LogP contribution in [0.4, 0.5) is 5.13 Å². The summed E-state index contributed by atoms with van der Waals surface area (Å²) in [4.78, 5) is 20.1. The van der Waals surface area contributed by atoms with Gasteiger partial charge in [-0.05, 0) is 12.1 Å². The van der Waals surface area contributed by atoms with Crippen molar-refractivity contribution in [3.8, 4) is 11.5 Å².